The maximum Gasteiger partial charge on any atom is 0.219 e. The molecule has 1 N–H and O–H groups in total. The Kier molecular flexibility index (Phi) is 8.46. The van der Waals surface area contributed by atoms with Gasteiger partial charge in [0.05, 0.1) is 33.9 Å². The molecule has 36 heavy (non-hydrogen) atoms. The van der Waals surface area contributed by atoms with E-state index in [0.717, 1.165) is 66.5 Å². The Balaban J connectivity index is 0.929. The smallest absolute Gasteiger partial charge is 0.219 e. The van der Waals surface area contributed by atoms with Gasteiger partial charge in [0.15, 0.2) is 5.78 Å². The molecule has 2 aliphatic heterocycles. The standard InChI is InChI=1S/C27H35N3O5S/c1-19-28-23-16-21(8-9-25(23)36-19)34-18-20(31)17-30-13-11-29(12-14-30)10-4-5-15-33-27-26(32)22-6-2-3-7-24(22)35-27/h2-3,6-9,16,20,22,24,27,31H,4-5,10-15,17-18H2,1H3/t20-,22?,24?,27?/m1/s1. The van der Waals surface area contributed by atoms with Gasteiger partial charge in [0, 0.05) is 38.8 Å². The van der Waals surface area contributed by atoms with Crippen LogP contribution in [0.5, 0.6) is 5.75 Å². The molecule has 0 bridgehead atoms. The molecule has 2 fully saturated rings. The van der Waals surface area contributed by atoms with Crippen molar-refractivity contribution in [2.45, 2.75) is 38.3 Å². The van der Waals surface area contributed by atoms with E-state index in [4.69, 9.17) is 14.2 Å². The number of aliphatic hydroxyl groups is 1. The van der Waals surface area contributed by atoms with Gasteiger partial charge in [0.25, 0.3) is 0 Å². The van der Waals surface area contributed by atoms with Crippen LogP contribution in [0, 0.1) is 12.8 Å². The molecule has 1 aromatic heterocycles. The molecule has 9 heteroatoms. The number of ketones is 1. The highest BCUT2D eigenvalue weighted by atomic mass is 32.1. The Morgan fingerprint density at radius 3 is 2.81 bits per heavy atom. The van der Waals surface area contributed by atoms with E-state index < -0.39 is 12.4 Å². The molecule has 0 radical (unpaired) electrons. The minimum absolute atomic E-state index is 0.0277. The van der Waals surface area contributed by atoms with Gasteiger partial charge in [-0.1, -0.05) is 24.3 Å². The third kappa shape index (κ3) is 6.40. The van der Waals surface area contributed by atoms with Crippen LogP contribution in [0.15, 0.2) is 42.5 Å². The average molecular weight is 514 g/mol. The molecule has 2 saturated heterocycles. The summed E-state index contributed by atoms with van der Waals surface area (Å²) in [5.74, 6) is 0.579. The van der Waals surface area contributed by atoms with Crippen molar-refractivity contribution in [3.05, 3.63) is 47.5 Å². The third-order valence-corrected chi connectivity index (χ3v) is 7.86. The number of fused-ring (bicyclic) bond motifs is 2. The number of benzene rings is 1. The highest BCUT2D eigenvalue weighted by Gasteiger charge is 2.41. The summed E-state index contributed by atoms with van der Waals surface area (Å²) in [4.78, 5) is 21.6. The topological polar surface area (TPSA) is 84.4 Å². The zero-order chi connectivity index (χ0) is 24.9. The van der Waals surface area contributed by atoms with E-state index >= 15 is 0 Å². The number of β-amino-alcohol motifs (C(OH)–C–C–N with tert-alkyl or cyclic N) is 1. The molecule has 1 aromatic carbocycles. The summed E-state index contributed by atoms with van der Waals surface area (Å²) in [5, 5.41) is 11.5. The number of allylic oxidation sites excluding steroid dienone is 2. The number of piperazine rings is 1. The lowest BCUT2D eigenvalue weighted by molar-refractivity contribution is -0.155. The Morgan fingerprint density at radius 1 is 1.17 bits per heavy atom. The molecule has 4 atom stereocenters. The molecule has 0 spiro atoms. The Bertz CT molecular complexity index is 1090. The van der Waals surface area contributed by atoms with E-state index in [1.165, 1.54) is 0 Å². The number of hydrogen-bond donors (Lipinski definition) is 1. The van der Waals surface area contributed by atoms with E-state index in [1.54, 1.807) is 11.3 Å². The van der Waals surface area contributed by atoms with E-state index in [-0.39, 0.29) is 24.4 Å². The second-order valence-corrected chi connectivity index (χ2v) is 10.9. The summed E-state index contributed by atoms with van der Waals surface area (Å²) in [6.45, 7) is 8.28. The molecule has 3 aliphatic rings. The first-order valence-electron chi connectivity index (χ1n) is 12.8. The number of carbonyl (C=O) groups is 1. The van der Waals surface area contributed by atoms with E-state index in [9.17, 15) is 9.90 Å². The van der Waals surface area contributed by atoms with Crippen LogP contribution < -0.4 is 4.74 Å². The van der Waals surface area contributed by atoms with Gasteiger partial charge in [0.1, 0.15) is 18.5 Å². The summed E-state index contributed by atoms with van der Waals surface area (Å²) >= 11 is 1.67. The van der Waals surface area contributed by atoms with Crippen molar-refractivity contribution in [2.24, 2.45) is 5.92 Å². The highest BCUT2D eigenvalue weighted by molar-refractivity contribution is 7.18. The number of Topliss-reactive ketones (excluding diaryl/α,β-unsaturated/α-hetero) is 1. The minimum Gasteiger partial charge on any atom is -0.491 e. The van der Waals surface area contributed by atoms with Gasteiger partial charge in [0.2, 0.25) is 6.29 Å². The van der Waals surface area contributed by atoms with Crippen molar-refractivity contribution in [3.63, 3.8) is 0 Å². The van der Waals surface area contributed by atoms with Gasteiger partial charge in [-0.25, -0.2) is 4.98 Å². The lowest BCUT2D eigenvalue weighted by Crippen LogP contribution is -2.49. The number of thiazole rings is 1. The van der Waals surface area contributed by atoms with Gasteiger partial charge in [-0.2, -0.15) is 0 Å². The largest absolute Gasteiger partial charge is 0.491 e. The molecular weight excluding hydrogens is 478 g/mol. The first kappa shape index (κ1) is 25.5. The SMILES string of the molecule is Cc1nc2cc(OC[C@H](O)CN3CCN(CCCCOC4OC5C=CC=CC5C4=O)CC3)ccc2s1. The summed E-state index contributed by atoms with van der Waals surface area (Å²) in [5.41, 5.74) is 0.945. The normalized spacial score (nSPS) is 25.5. The molecule has 194 valence electrons. The lowest BCUT2D eigenvalue weighted by Gasteiger charge is -2.35. The zero-order valence-electron chi connectivity index (χ0n) is 20.8. The van der Waals surface area contributed by atoms with E-state index in [1.807, 2.05) is 49.4 Å². The monoisotopic (exact) mass is 513 g/mol. The fraction of sp³-hybridized carbons (Fsp3) is 0.556. The van der Waals surface area contributed by atoms with Crippen LogP contribution in [-0.4, -0.2) is 96.7 Å². The number of unbranched alkanes of at least 4 members (excludes halogenated alkanes) is 1. The van der Waals surface area contributed by atoms with Gasteiger partial charge < -0.3 is 24.2 Å². The number of carbonyl (C=O) groups excluding carboxylic acids is 1. The minimum atomic E-state index is -0.731. The lowest BCUT2D eigenvalue weighted by atomic mass is 9.96. The van der Waals surface area contributed by atoms with Crippen LogP contribution in [0.2, 0.25) is 0 Å². The highest BCUT2D eigenvalue weighted by Crippen LogP contribution is 2.28. The number of hydrogen-bond acceptors (Lipinski definition) is 9. The number of nitrogens with zero attached hydrogens (tertiary/aromatic N) is 3. The fourth-order valence-electron chi connectivity index (χ4n) is 4.94. The summed E-state index contributed by atoms with van der Waals surface area (Å²) in [6, 6.07) is 5.90. The van der Waals surface area contributed by atoms with Crippen LogP contribution in [0.1, 0.15) is 17.8 Å². The van der Waals surface area contributed by atoms with Crippen molar-refractivity contribution in [1.82, 2.24) is 14.8 Å². The van der Waals surface area contributed by atoms with Crippen LogP contribution >= 0.6 is 11.3 Å². The van der Waals surface area contributed by atoms with Gasteiger partial charge in [-0.15, -0.1) is 11.3 Å². The second kappa shape index (κ2) is 11.9. The third-order valence-electron chi connectivity index (χ3n) is 6.91. The predicted octanol–water partition coefficient (Wildman–Crippen LogP) is 2.80. The molecule has 3 heterocycles. The summed E-state index contributed by atoms with van der Waals surface area (Å²) in [6.07, 6.45) is 8.10. The van der Waals surface area contributed by atoms with Gasteiger partial charge >= 0.3 is 0 Å². The second-order valence-electron chi connectivity index (χ2n) is 9.68. The summed E-state index contributed by atoms with van der Waals surface area (Å²) in [7, 11) is 0. The molecule has 8 nitrogen and oxygen atoms in total. The molecule has 5 rings (SSSR count). The average Bonchev–Trinajstić information content (AvgIpc) is 3.41. The molecule has 3 unspecified atom stereocenters. The molecule has 2 aromatic rings. The van der Waals surface area contributed by atoms with E-state index in [0.29, 0.717) is 13.2 Å². The number of rotatable bonds is 11. The van der Waals surface area contributed by atoms with Crippen molar-refractivity contribution < 1.29 is 24.1 Å². The van der Waals surface area contributed by atoms with Gasteiger partial charge in [-0.3, -0.25) is 9.69 Å². The zero-order valence-corrected chi connectivity index (χ0v) is 21.6. The maximum atomic E-state index is 12.3. The predicted molar refractivity (Wildman–Crippen MR) is 139 cm³/mol. The van der Waals surface area contributed by atoms with Crippen molar-refractivity contribution >= 4 is 27.3 Å². The first-order chi connectivity index (χ1) is 17.5. The van der Waals surface area contributed by atoms with Crippen LogP contribution in [0.3, 0.4) is 0 Å². The van der Waals surface area contributed by atoms with E-state index in [2.05, 4.69) is 14.8 Å². The molecule has 0 saturated carbocycles. The fourth-order valence-corrected chi connectivity index (χ4v) is 5.75. The number of aromatic nitrogens is 1. The Morgan fingerprint density at radius 2 is 1.97 bits per heavy atom. The first-order valence-corrected chi connectivity index (χ1v) is 13.7. The quantitative estimate of drug-likeness (QED) is 0.460. The maximum absolute atomic E-state index is 12.3. The summed E-state index contributed by atoms with van der Waals surface area (Å²) < 4.78 is 18.4. The van der Waals surface area contributed by atoms with Crippen LogP contribution in [0.4, 0.5) is 0 Å². The van der Waals surface area contributed by atoms with Crippen LogP contribution in [0.25, 0.3) is 10.2 Å². The molecule has 1 aliphatic carbocycles. The molecular formula is C27H35N3O5S. The Labute approximate surface area is 216 Å². The number of ether oxygens (including phenoxy) is 3. The number of aryl methyl sites for hydroxylation is 1. The van der Waals surface area contributed by atoms with Crippen molar-refractivity contribution in [1.29, 1.82) is 0 Å². The number of aliphatic hydroxyl groups excluding tert-OH is 1. The van der Waals surface area contributed by atoms with Crippen LogP contribution in [-0.2, 0) is 14.3 Å². The van der Waals surface area contributed by atoms with Crippen molar-refractivity contribution in [3.8, 4) is 5.75 Å². The van der Waals surface area contributed by atoms with Crippen molar-refractivity contribution in [2.75, 3.05) is 52.5 Å². The van der Waals surface area contributed by atoms with Gasteiger partial charge in [-0.05, 0) is 38.4 Å². The molecule has 0 amide bonds. The Hall–Kier alpha value is -2.14.